The smallest absolute Gasteiger partial charge is 0.232 e. The molecule has 0 aliphatic carbocycles. The summed E-state index contributed by atoms with van der Waals surface area (Å²) in [6.45, 7) is 2.36. The van der Waals surface area contributed by atoms with Gasteiger partial charge in [0.2, 0.25) is 17.8 Å². The van der Waals surface area contributed by atoms with E-state index in [-0.39, 0.29) is 5.95 Å². The Kier molecular flexibility index (Phi) is 3.32. The van der Waals surface area contributed by atoms with Crippen LogP contribution in [0.5, 0.6) is 0 Å². The van der Waals surface area contributed by atoms with Gasteiger partial charge in [0.15, 0.2) is 0 Å². The second kappa shape index (κ2) is 5.00. The molecule has 2 fully saturated rings. The predicted molar refractivity (Wildman–Crippen MR) is 71.9 cm³/mol. The molecule has 9 heteroatoms. The molecule has 0 radical (unpaired) electrons. The van der Waals surface area contributed by atoms with Crippen LogP contribution in [-0.4, -0.2) is 81.8 Å². The molecule has 110 valence electrons. The third-order valence-corrected chi connectivity index (χ3v) is 3.36. The van der Waals surface area contributed by atoms with E-state index in [1.54, 1.807) is 0 Å². The van der Waals surface area contributed by atoms with E-state index in [1.165, 1.54) is 0 Å². The standard InChI is InChI=1S/C11H18N6O3/c18-5-11(6-19,7-20)15-8-12-9(16-1-2-16)14-10(13-8)17-3-4-17/h18-20H,1-7H2,(H,12,13,14,15). The molecule has 2 aliphatic rings. The zero-order valence-corrected chi connectivity index (χ0v) is 11.0. The first-order valence-electron chi connectivity index (χ1n) is 6.56. The molecule has 9 nitrogen and oxygen atoms in total. The molecule has 4 N–H and O–H groups in total. The van der Waals surface area contributed by atoms with Gasteiger partial charge in [0.25, 0.3) is 0 Å². The molecular formula is C11H18N6O3. The van der Waals surface area contributed by atoms with E-state index in [2.05, 4.69) is 20.3 Å². The van der Waals surface area contributed by atoms with Crippen LogP contribution < -0.4 is 15.1 Å². The normalized spacial score (nSPS) is 17.4. The monoisotopic (exact) mass is 282 g/mol. The quantitative estimate of drug-likeness (QED) is 0.407. The van der Waals surface area contributed by atoms with Crippen LogP contribution in [0.1, 0.15) is 0 Å². The van der Waals surface area contributed by atoms with E-state index in [9.17, 15) is 15.3 Å². The average molecular weight is 282 g/mol. The lowest BCUT2D eigenvalue weighted by Gasteiger charge is -2.28. The van der Waals surface area contributed by atoms with Gasteiger partial charge in [0.1, 0.15) is 5.54 Å². The maximum atomic E-state index is 9.34. The molecule has 0 saturated carbocycles. The summed E-state index contributed by atoms with van der Waals surface area (Å²) in [6.07, 6.45) is 0. The van der Waals surface area contributed by atoms with Gasteiger partial charge >= 0.3 is 0 Å². The number of nitrogens with zero attached hydrogens (tertiary/aromatic N) is 5. The summed E-state index contributed by atoms with van der Waals surface area (Å²) in [5.41, 5.74) is -1.24. The maximum absolute atomic E-state index is 9.34. The first kappa shape index (κ1) is 13.3. The summed E-state index contributed by atoms with van der Waals surface area (Å²) in [7, 11) is 0. The highest BCUT2D eigenvalue weighted by Gasteiger charge is 2.32. The SMILES string of the molecule is OCC(CO)(CO)Nc1nc(N2CC2)nc(N2CC2)n1. The lowest BCUT2D eigenvalue weighted by atomic mass is 10.0. The number of rotatable bonds is 7. The highest BCUT2D eigenvalue weighted by Crippen LogP contribution is 2.24. The molecule has 2 saturated heterocycles. The van der Waals surface area contributed by atoms with Gasteiger partial charge < -0.3 is 30.4 Å². The number of aliphatic hydroxyl groups excluding tert-OH is 3. The van der Waals surface area contributed by atoms with Crippen molar-refractivity contribution in [3.63, 3.8) is 0 Å². The Bertz CT molecular complexity index is 449. The summed E-state index contributed by atoms with van der Waals surface area (Å²) >= 11 is 0. The van der Waals surface area contributed by atoms with Crippen molar-refractivity contribution < 1.29 is 15.3 Å². The molecule has 3 rings (SSSR count). The Hall–Kier alpha value is -1.71. The highest BCUT2D eigenvalue weighted by atomic mass is 16.3. The van der Waals surface area contributed by atoms with E-state index >= 15 is 0 Å². The number of nitrogens with one attached hydrogen (secondary N) is 1. The molecule has 0 unspecified atom stereocenters. The van der Waals surface area contributed by atoms with Crippen LogP contribution in [-0.2, 0) is 0 Å². The molecule has 0 spiro atoms. The fraction of sp³-hybridized carbons (Fsp3) is 0.727. The lowest BCUT2D eigenvalue weighted by molar-refractivity contribution is 0.0828. The first-order chi connectivity index (χ1) is 9.69. The van der Waals surface area contributed by atoms with Crippen LogP contribution >= 0.6 is 0 Å². The molecule has 3 heterocycles. The second-order valence-corrected chi connectivity index (χ2v) is 5.11. The van der Waals surface area contributed by atoms with E-state index in [1.807, 2.05) is 9.80 Å². The van der Waals surface area contributed by atoms with Crippen molar-refractivity contribution in [3.8, 4) is 0 Å². The molecule has 0 bridgehead atoms. The number of anilines is 3. The van der Waals surface area contributed by atoms with E-state index in [0.717, 1.165) is 26.2 Å². The van der Waals surface area contributed by atoms with E-state index in [0.29, 0.717) is 11.9 Å². The van der Waals surface area contributed by atoms with Crippen molar-refractivity contribution in [2.75, 3.05) is 61.1 Å². The van der Waals surface area contributed by atoms with Crippen molar-refractivity contribution in [1.29, 1.82) is 0 Å². The molecule has 1 aromatic heterocycles. The van der Waals surface area contributed by atoms with Gasteiger partial charge in [0.05, 0.1) is 19.8 Å². The van der Waals surface area contributed by atoms with Crippen LogP contribution in [0.3, 0.4) is 0 Å². The van der Waals surface area contributed by atoms with Gasteiger partial charge in [0, 0.05) is 26.2 Å². The first-order valence-corrected chi connectivity index (χ1v) is 6.56. The minimum Gasteiger partial charge on any atom is -0.394 e. The van der Waals surface area contributed by atoms with Gasteiger partial charge in [-0.1, -0.05) is 0 Å². The molecule has 0 aromatic carbocycles. The summed E-state index contributed by atoms with van der Waals surface area (Å²) in [6, 6.07) is 0. The fourth-order valence-electron chi connectivity index (χ4n) is 1.70. The minimum atomic E-state index is -1.24. The van der Waals surface area contributed by atoms with Crippen molar-refractivity contribution in [2.24, 2.45) is 0 Å². The summed E-state index contributed by atoms with van der Waals surface area (Å²) in [5, 5.41) is 30.9. The minimum absolute atomic E-state index is 0.251. The summed E-state index contributed by atoms with van der Waals surface area (Å²) in [4.78, 5) is 16.9. The van der Waals surface area contributed by atoms with Gasteiger partial charge in [-0.05, 0) is 0 Å². The van der Waals surface area contributed by atoms with Crippen LogP contribution in [0.25, 0.3) is 0 Å². The van der Waals surface area contributed by atoms with Crippen LogP contribution in [0.4, 0.5) is 17.8 Å². The summed E-state index contributed by atoms with van der Waals surface area (Å²) in [5.74, 6) is 1.40. The van der Waals surface area contributed by atoms with Gasteiger partial charge in [-0.3, -0.25) is 0 Å². The second-order valence-electron chi connectivity index (χ2n) is 5.11. The molecular weight excluding hydrogens is 264 g/mol. The average Bonchev–Trinajstić information content (AvgIpc) is 3.35. The Morgan fingerprint density at radius 2 is 1.30 bits per heavy atom. The van der Waals surface area contributed by atoms with Gasteiger partial charge in [-0.25, -0.2) is 0 Å². The highest BCUT2D eigenvalue weighted by molar-refractivity contribution is 5.51. The Morgan fingerprint density at radius 3 is 1.65 bits per heavy atom. The van der Waals surface area contributed by atoms with Gasteiger partial charge in [-0.2, -0.15) is 15.0 Å². The summed E-state index contributed by atoms with van der Waals surface area (Å²) < 4.78 is 0. The molecule has 2 aliphatic heterocycles. The van der Waals surface area contributed by atoms with Crippen molar-refractivity contribution in [2.45, 2.75) is 5.54 Å². The van der Waals surface area contributed by atoms with Crippen molar-refractivity contribution in [1.82, 2.24) is 15.0 Å². The molecule has 1 aromatic rings. The van der Waals surface area contributed by atoms with Crippen molar-refractivity contribution >= 4 is 17.8 Å². The Morgan fingerprint density at radius 1 is 0.850 bits per heavy atom. The molecule has 0 atom stereocenters. The maximum Gasteiger partial charge on any atom is 0.232 e. The van der Waals surface area contributed by atoms with E-state index in [4.69, 9.17) is 0 Å². The largest absolute Gasteiger partial charge is 0.394 e. The van der Waals surface area contributed by atoms with Crippen LogP contribution in [0, 0.1) is 0 Å². The molecule has 20 heavy (non-hydrogen) atoms. The number of aromatic nitrogens is 3. The number of hydrogen-bond acceptors (Lipinski definition) is 9. The topological polar surface area (TPSA) is 117 Å². The zero-order valence-electron chi connectivity index (χ0n) is 11.0. The Balaban J connectivity index is 1.87. The number of hydrogen-bond donors (Lipinski definition) is 4. The third kappa shape index (κ3) is 2.60. The zero-order chi connectivity index (χ0) is 14.2. The predicted octanol–water partition coefficient (Wildman–Crippen LogP) is -2.36. The Labute approximate surface area is 115 Å². The van der Waals surface area contributed by atoms with E-state index < -0.39 is 25.4 Å². The fourth-order valence-corrected chi connectivity index (χ4v) is 1.70. The van der Waals surface area contributed by atoms with Crippen LogP contribution in [0.15, 0.2) is 0 Å². The third-order valence-electron chi connectivity index (χ3n) is 3.36. The number of aliphatic hydroxyl groups is 3. The van der Waals surface area contributed by atoms with Crippen LogP contribution in [0.2, 0.25) is 0 Å². The lowest BCUT2D eigenvalue weighted by Crippen LogP contribution is -2.49. The molecule has 0 amide bonds. The van der Waals surface area contributed by atoms with Crippen molar-refractivity contribution in [3.05, 3.63) is 0 Å². The van der Waals surface area contributed by atoms with Gasteiger partial charge in [-0.15, -0.1) is 0 Å².